The summed E-state index contributed by atoms with van der Waals surface area (Å²) in [6, 6.07) is 10.6. The molecule has 0 saturated carbocycles. The molecule has 4 heteroatoms. The van der Waals surface area contributed by atoms with Crippen molar-refractivity contribution < 1.29 is 0 Å². The zero-order valence-corrected chi connectivity index (χ0v) is 10.5. The molecule has 2 aromatic rings. The molecule has 0 N–H and O–H groups in total. The molecule has 0 aliphatic rings. The molecule has 0 aliphatic carbocycles. The Balaban J connectivity index is 2.60. The molecule has 0 saturated heterocycles. The lowest BCUT2D eigenvalue weighted by Crippen LogP contribution is -1.99. The van der Waals surface area contributed by atoms with Crippen molar-refractivity contribution in [3.05, 3.63) is 35.1 Å². The van der Waals surface area contributed by atoms with Gasteiger partial charge >= 0.3 is 0 Å². The van der Waals surface area contributed by atoms with Crippen molar-refractivity contribution in [1.29, 1.82) is 0 Å². The Bertz CT molecular complexity index is 523. The predicted octanol–water partition coefficient (Wildman–Crippen LogP) is 2.72. The maximum Gasteiger partial charge on any atom is 0.222 e. The molecule has 0 radical (unpaired) electrons. The molecule has 1 aromatic heterocycles. The van der Waals surface area contributed by atoms with Crippen molar-refractivity contribution in [2.45, 2.75) is 19.9 Å². The van der Waals surface area contributed by atoms with Crippen molar-refractivity contribution in [3.63, 3.8) is 0 Å². The van der Waals surface area contributed by atoms with Gasteiger partial charge in [-0.2, -0.15) is 4.98 Å². The zero-order chi connectivity index (χ0) is 11.5. The van der Waals surface area contributed by atoms with Gasteiger partial charge in [-0.25, -0.2) is 0 Å². The van der Waals surface area contributed by atoms with Crippen molar-refractivity contribution in [3.8, 4) is 11.4 Å². The van der Waals surface area contributed by atoms with E-state index in [1.807, 2.05) is 18.2 Å². The van der Waals surface area contributed by atoms with Crippen LogP contribution < -0.4 is 4.80 Å². The highest BCUT2D eigenvalue weighted by Gasteiger charge is 2.10. The van der Waals surface area contributed by atoms with Gasteiger partial charge in [-0.05, 0) is 25.4 Å². The van der Waals surface area contributed by atoms with E-state index in [0.29, 0.717) is 6.04 Å². The fourth-order valence-corrected chi connectivity index (χ4v) is 2.34. The van der Waals surface area contributed by atoms with E-state index in [4.69, 9.17) is 0 Å². The maximum absolute atomic E-state index is 4.54. The van der Waals surface area contributed by atoms with Crippen LogP contribution in [-0.4, -0.2) is 16.0 Å². The normalized spacial score (nSPS) is 12.4. The van der Waals surface area contributed by atoms with Gasteiger partial charge in [0.05, 0.1) is 0 Å². The van der Waals surface area contributed by atoms with E-state index in [1.165, 1.54) is 0 Å². The summed E-state index contributed by atoms with van der Waals surface area (Å²) in [5, 5.41) is 0. The van der Waals surface area contributed by atoms with Crippen LogP contribution in [0, 0.1) is 0 Å². The van der Waals surface area contributed by atoms with Gasteiger partial charge < -0.3 is 0 Å². The molecule has 0 aliphatic heterocycles. The van der Waals surface area contributed by atoms with Gasteiger partial charge in [0, 0.05) is 18.7 Å². The highest BCUT2D eigenvalue weighted by molar-refractivity contribution is 7.03. The van der Waals surface area contributed by atoms with E-state index < -0.39 is 0 Å². The molecule has 0 amide bonds. The molecular weight excluding hydrogens is 218 g/mol. The van der Waals surface area contributed by atoms with E-state index in [1.54, 1.807) is 18.6 Å². The number of nitrogens with zero attached hydrogens (tertiary/aromatic N) is 3. The Labute approximate surface area is 99.3 Å². The third kappa shape index (κ3) is 2.07. The van der Waals surface area contributed by atoms with Crippen LogP contribution in [0.5, 0.6) is 0 Å². The molecule has 3 nitrogen and oxygen atoms in total. The summed E-state index contributed by atoms with van der Waals surface area (Å²) in [4.78, 5) is 9.51. The minimum absolute atomic E-state index is 0.406. The fraction of sp³-hybridized carbons (Fsp3) is 0.333. The Morgan fingerprint density at radius 1 is 1.25 bits per heavy atom. The number of hydrogen-bond acceptors (Lipinski definition) is 3. The first-order chi connectivity index (χ1) is 7.72. The Morgan fingerprint density at radius 2 is 1.94 bits per heavy atom. The van der Waals surface area contributed by atoms with Crippen LogP contribution in [0.3, 0.4) is 0 Å². The molecule has 16 heavy (non-hydrogen) atoms. The van der Waals surface area contributed by atoms with E-state index in [0.717, 1.165) is 16.2 Å². The quantitative estimate of drug-likeness (QED) is 0.784. The molecule has 2 rings (SSSR count). The van der Waals surface area contributed by atoms with Gasteiger partial charge in [0.25, 0.3) is 0 Å². The second kappa shape index (κ2) is 4.61. The van der Waals surface area contributed by atoms with Crippen LogP contribution in [0.4, 0.5) is 0 Å². The zero-order valence-electron chi connectivity index (χ0n) is 9.71. The van der Waals surface area contributed by atoms with Crippen LogP contribution in [0.15, 0.2) is 35.3 Å². The van der Waals surface area contributed by atoms with Gasteiger partial charge in [0.1, 0.15) is 0 Å². The van der Waals surface area contributed by atoms with E-state index in [9.17, 15) is 0 Å². The Hall–Kier alpha value is -1.42. The first kappa shape index (κ1) is 11.1. The van der Waals surface area contributed by atoms with Gasteiger partial charge in [0.2, 0.25) is 4.80 Å². The molecule has 1 heterocycles. The monoisotopic (exact) mass is 233 g/mol. The summed E-state index contributed by atoms with van der Waals surface area (Å²) in [7, 11) is 1.78. The van der Waals surface area contributed by atoms with Crippen molar-refractivity contribution in [1.82, 2.24) is 8.94 Å². The minimum Gasteiger partial charge on any atom is -0.276 e. The third-order valence-corrected chi connectivity index (χ3v) is 3.51. The molecule has 1 aromatic carbocycles. The number of benzene rings is 1. The van der Waals surface area contributed by atoms with Crippen LogP contribution in [-0.2, 0) is 0 Å². The number of hydrogen-bond donors (Lipinski definition) is 0. The molecule has 0 unspecified atom stereocenters. The van der Waals surface area contributed by atoms with Gasteiger partial charge in [-0.15, -0.1) is 0 Å². The summed E-state index contributed by atoms with van der Waals surface area (Å²) < 4.78 is 2.19. The van der Waals surface area contributed by atoms with Crippen LogP contribution in [0.25, 0.3) is 11.4 Å². The van der Waals surface area contributed by atoms with Crippen molar-refractivity contribution in [2.75, 3.05) is 7.05 Å². The van der Waals surface area contributed by atoms with Gasteiger partial charge in [0.15, 0.2) is 5.82 Å². The van der Waals surface area contributed by atoms with Crippen LogP contribution in [0.1, 0.15) is 19.9 Å². The number of rotatable bonds is 2. The second-order valence-electron chi connectivity index (χ2n) is 3.82. The average molecular weight is 233 g/mol. The first-order valence-electron chi connectivity index (χ1n) is 5.30. The van der Waals surface area contributed by atoms with Gasteiger partial charge in [-0.1, -0.05) is 30.3 Å². The summed E-state index contributed by atoms with van der Waals surface area (Å²) in [6.07, 6.45) is 0. The molecular formula is C12H15N3S. The topological polar surface area (TPSA) is 30.2 Å². The largest absolute Gasteiger partial charge is 0.276 e. The van der Waals surface area contributed by atoms with Crippen molar-refractivity contribution in [2.24, 2.45) is 4.99 Å². The van der Waals surface area contributed by atoms with E-state index >= 15 is 0 Å². The highest BCUT2D eigenvalue weighted by Crippen LogP contribution is 2.21. The molecule has 0 fully saturated rings. The van der Waals surface area contributed by atoms with E-state index in [2.05, 4.69) is 39.9 Å². The molecule has 84 valence electrons. The Kier molecular flexibility index (Phi) is 3.19. The fourth-order valence-electron chi connectivity index (χ4n) is 1.51. The number of aromatic nitrogens is 2. The smallest absolute Gasteiger partial charge is 0.222 e. The lowest BCUT2D eigenvalue weighted by atomic mass is 10.2. The molecule has 0 atom stereocenters. The third-order valence-electron chi connectivity index (χ3n) is 2.28. The summed E-state index contributed by atoms with van der Waals surface area (Å²) in [5.41, 5.74) is 1.14. The minimum atomic E-state index is 0.406. The lowest BCUT2D eigenvalue weighted by molar-refractivity contribution is 0.650. The second-order valence-corrected chi connectivity index (χ2v) is 4.76. The maximum atomic E-state index is 4.54. The lowest BCUT2D eigenvalue weighted by Gasteiger charge is -2.09. The van der Waals surface area contributed by atoms with E-state index in [-0.39, 0.29) is 0 Å². The SMILES string of the molecule is CN=c1nc(-c2ccccc2)n(C(C)C)s1. The summed E-state index contributed by atoms with van der Waals surface area (Å²) in [5.74, 6) is 1.00. The molecule has 0 spiro atoms. The van der Waals surface area contributed by atoms with Crippen LogP contribution >= 0.6 is 11.5 Å². The van der Waals surface area contributed by atoms with Gasteiger partial charge in [-0.3, -0.25) is 8.95 Å². The molecule has 0 bridgehead atoms. The Morgan fingerprint density at radius 3 is 2.50 bits per heavy atom. The first-order valence-corrected chi connectivity index (χ1v) is 6.08. The summed E-state index contributed by atoms with van der Waals surface area (Å²) >= 11 is 1.60. The standard InChI is InChI=1S/C12H15N3S/c1-9(2)15-11(14-12(13-3)16-15)10-7-5-4-6-8-10/h4-9H,1-3H3. The predicted molar refractivity (Wildman–Crippen MR) is 67.4 cm³/mol. The van der Waals surface area contributed by atoms with Crippen molar-refractivity contribution >= 4 is 11.5 Å². The average Bonchev–Trinajstić information content (AvgIpc) is 2.74. The summed E-state index contributed by atoms with van der Waals surface area (Å²) in [6.45, 7) is 4.31. The highest BCUT2D eigenvalue weighted by atomic mass is 32.1. The van der Waals surface area contributed by atoms with Crippen LogP contribution in [0.2, 0.25) is 0 Å².